The van der Waals surface area contributed by atoms with Crippen LogP contribution in [0.1, 0.15) is 19.5 Å². The molecule has 1 heterocycles. The molecule has 0 aliphatic carbocycles. The molecule has 0 fully saturated rings. The van der Waals surface area contributed by atoms with Gasteiger partial charge in [-0.25, -0.2) is 4.98 Å². The van der Waals surface area contributed by atoms with Gasteiger partial charge in [0.05, 0.1) is 5.69 Å². The number of hydrogen-bond donors (Lipinski definition) is 1. The molecule has 0 unspecified atom stereocenters. The molecule has 0 amide bonds. The van der Waals surface area contributed by atoms with Crippen LogP contribution in [-0.2, 0) is 0 Å². The Labute approximate surface area is 127 Å². The van der Waals surface area contributed by atoms with E-state index >= 15 is 0 Å². The van der Waals surface area contributed by atoms with Crippen molar-refractivity contribution in [3.05, 3.63) is 48.8 Å². The summed E-state index contributed by atoms with van der Waals surface area (Å²) in [6.07, 6.45) is 3.87. The lowest BCUT2D eigenvalue weighted by Gasteiger charge is -2.21. The van der Waals surface area contributed by atoms with Crippen LogP contribution in [0.15, 0.2) is 43.1 Å². The van der Waals surface area contributed by atoms with Crippen molar-refractivity contribution in [1.29, 1.82) is 0 Å². The molecule has 0 aliphatic heterocycles. The van der Waals surface area contributed by atoms with Crippen LogP contribution in [0.25, 0.3) is 5.69 Å². The Morgan fingerprint density at radius 3 is 2.48 bits per heavy atom. The standard InChI is InChI=1S/C17H24N4/c1-5-12-18-17-19-14(4)13-21(17)16-10-8-15(9-11-16)20(6-2)7-3/h5,8-11,13H,1,6-7,12H2,2-4H3,(H,18,19). The van der Waals surface area contributed by atoms with Gasteiger partial charge in [-0.2, -0.15) is 0 Å². The van der Waals surface area contributed by atoms with Crippen molar-refractivity contribution in [3.63, 3.8) is 0 Å². The molecule has 21 heavy (non-hydrogen) atoms. The van der Waals surface area contributed by atoms with E-state index in [4.69, 9.17) is 0 Å². The van der Waals surface area contributed by atoms with Gasteiger partial charge >= 0.3 is 0 Å². The summed E-state index contributed by atoms with van der Waals surface area (Å²) in [6.45, 7) is 12.8. The predicted octanol–water partition coefficient (Wildman–Crippen LogP) is 3.62. The van der Waals surface area contributed by atoms with Crippen molar-refractivity contribution in [3.8, 4) is 5.69 Å². The van der Waals surface area contributed by atoms with E-state index in [-0.39, 0.29) is 0 Å². The lowest BCUT2D eigenvalue weighted by atomic mass is 10.2. The van der Waals surface area contributed by atoms with Gasteiger partial charge in [0.15, 0.2) is 0 Å². The number of aromatic nitrogens is 2. The van der Waals surface area contributed by atoms with Crippen LogP contribution in [-0.4, -0.2) is 29.2 Å². The molecule has 0 radical (unpaired) electrons. The van der Waals surface area contributed by atoms with Crippen LogP contribution in [0, 0.1) is 6.92 Å². The third-order valence-electron chi connectivity index (χ3n) is 3.49. The minimum atomic E-state index is 0.702. The summed E-state index contributed by atoms with van der Waals surface area (Å²) in [5.74, 6) is 0.850. The Hall–Kier alpha value is -2.23. The van der Waals surface area contributed by atoms with E-state index in [0.29, 0.717) is 6.54 Å². The second-order valence-corrected chi connectivity index (χ2v) is 4.93. The first-order valence-electron chi connectivity index (χ1n) is 7.45. The van der Waals surface area contributed by atoms with E-state index in [1.54, 1.807) is 0 Å². The molecule has 2 aromatic rings. The summed E-state index contributed by atoms with van der Waals surface area (Å²) in [6, 6.07) is 8.59. The largest absolute Gasteiger partial charge is 0.372 e. The molecular formula is C17H24N4. The number of benzene rings is 1. The molecule has 1 N–H and O–H groups in total. The monoisotopic (exact) mass is 284 g/mol. The van der Waals surface area contributed by atoms with E-state index < -0.39 is 0 Å². The molecule has 1 aromatic heterocycles. The predicted molar refractivity (Wildman–Crippen MR) is 90.5 cm³/mol. The quantitative estimate of drug-likeness (QED) is 0.788. The zero-order valence-corrected chi connectivity index (χ0v) is 13.1. The molecule has 4 nitrogen and oxygen atoms in total. The number of nitrogens with one attached hydrogen (secondary N) is 1. The summed E-state index contributed by atoms with van der Waals surface area (Å²) in [7, 11) is 0. The topological polar surface area (TPSA) is 33.1 Å². The molecule has 4 heteroatoms. The molecule has 0 saturated heterocycles. The van der Waals surface area contributed by atoms with Crippen LogP contribution < -0.4 is 10.2 Å². The van der Waals surface area contributed by atoms with Gasteiger partial charge in [0, 0.05) is 37.2 Å². The van der Waals surface area contributed by atoms with Crippen molar-refractivity contribution in [2.75, 3.05) is 29.9 Å². The third kappa shape index (κ3) is 3.45. The Balaban J connectivity index is 2.28. The first-order chi connectivity index (χ1) is 10.2. The van der Waals surface area contributed by atoms with Gasteiger partial charge in [-0.1, -0.05) is 6.08 Å². The highest BCUT2D eigenvalue weighted by Gasteiger charge is 2.07. The highest BCUT2D eigenvalue weighted by Crippen LogP contribution is 2.20. The summed E-state index contributed by atoms with van der Waals surface area (Å²) < 4.78 is 2.07. The van der Waals surface area contributed by atoms with Gasteiger partial charge < -0.3 is 10.2 Å². The van der Waals surface area contributed by atoms with Gasteiger partial charge in [-0.3, -0.25) is 4.57 Å². The van der Waals surface area contributed by atoms with E-state index in [0.717, 1.165) is 30.4 Å². The highest BCUT2D eigenvalue weighted by atomic mass is 15.2. The fourth-order valence-corrected chi connectivity index (χ4v) is 2.40. The van der Waals surface area contributed by atoms with Gasteiger partial charge in [0.1, 0.15) is 0 Å². The first kappa shape index (κ1) is 15.2. The van der Waals surface area contributed by atoms with Crippen LogP contribution in [0.2, 0.25) is 0 Å². The second kappa shape index (κ2) is 6.97. The molecule has 112 valence electrons. The minimum absolute atomic E-state index is 0.702. The van der Waals surface area contributed by atoms with E-state index in [2.05, 4.69) is 64.5 Å². The van der Waals surface area contributed by atoms with Gasteiger partial charge in [0.2, 0.25) is 5.95 Å². The zero-order chi connectivity index (χ0) is 15.2. The summed E-state index contributed by atoms with van der Waals surface area (Å²) in [5.41, 5.74) is 3.36. The second-order valence-electron chi connectivity index (χ2n) is 4.93. The smallest absolute Gasteiger partial charge is 0.207 e. The Kier molecular flexibility index (Phi) is 5.04. The van der Waals surface area contributed by atoms with Crippen LogP contribution in [0.4, 0.5) is 11.6 Å². The summed E-state index contributed by atoms with van der Waals surface area (Å²) in [4.78, 5) is 6.84. The average Bonchev–Trinajstić information content (AvgIpc) is 2.88. The number of rotatable bonds is 7. The van der Waals surface area contributed by atoms with Crippen molar-refractivity contribution in [2.24, 2.45) is 0 Å². The number of anilines is 2. The van der Waals surface area contributed by atoms with E-state index in [1.807, 2.05) is 19.2 Å². The molecule has 0 bridgehead atoms. The fourth-order valence-electron chi connectivity index (χ4n) is 2.40. The Bertz CT molecular complexity index is 579. The van der Waals surface area contributed by atoms with E-state index in [1.165, 1.54) is 5.69 Å². The highest BCUT2D eigenvalue weighted by molar-refractivity contribution is 5.53. The number of nitrogens with zero attached hydrogens (tertiary/aromatic N) is 3. The minimum Gasteiger partial charge on any atom is -0.372 e. The number of aryl methyl sites for hydroxylation is 1. The molecule has 0 saturated carbocycles. The van der Waals surface area contributed by atoms with Gasteiger partial charge in [-0.15, -0.1) is 6.58 Å². The third-order valence-corrected chi connectivity index (χ3v) is 3.49. The lowest BCUT2D eigenvalue weighted by Crippen LogP contribution is -2.21. The molecule has 0 aliphatic rings. The van der Waals surface area contributed by atoms with Crippen LogP contribution in [0.3, 0.4) is 0 Å². The first-order valence-corrected chi connectivity index (χ1v) is 7.45. The molecule has 0 spiro atoms. The Morgan fingerprint density at radius 2 is 1.90 bits per heavy atom. The van der Waals surface area contributed by atoms with Crippen molar-refractivity contribution >= 4 is 11.6 Å². The molecule has 1 aromatic carbocycles. The van der Waals surface area contributed by atoms with Crippen molar-refractivity contribution in [2.45, 2.75) is 20.8 Å². The number of imidazole rings is 1. The molecule has 2 rings (SSSR count). The van der Waals surface area contributed by atoms with Crippen LogP contribution in [0.5, 0.6) is 0 Å². The van der Waals surface area contributed by atoms with Crippen molar-refractivity contribution < 1.29 is 0 Å². The zero-order valence-electron chi connectivity index (χ0n) is 13.1. The van der Waals surface area contributed by atoms with Crippen molar-refractivity contribution in [1.82, 2.24) is 9.55 Å². The van der Waals surface area contributed by atoms with Gasteiger partial charge in [0.25, 0.3) is 0 Å². The maximum Gasteiger partial charge on any atom is 0.207 e. The summed E-state index contributed by atoms with van der Waals surface area (Å²) in [5, 5.41) is 3.27. The maximum atomic E-state index is 4.51. The molecule has 0 atom stereocenters. The normalized spacial score (nSPS) is 10.4. The van der Waals surface area contributed by atoms with E-state index in [9.17, 15) is 0 Å². The summed E-state index contributed by atoms with van der Waals surface area (Å²) >= 11 is 0. The SMILES string of the molecule is C=CCNc1nc(C)cn1-c1ccc(N(CC)CC)cc1. The Morgan fingerprint density at radius 1 is 1.24 bits per heavy atom. The average molecular weight is 284 g/mol. The van der Waals surface area contributed by atoms with Crippen LogP contribution >= 0.6 is 0 Å². The lowest BCUT2D eigenvalue weighted by molar-refractivity contribution is 0.865. The number of hydrogen-bond acceptors (Lipinski definition) is 3. The maximum absolute atomic E-state index is 4.51. The van der Waals surface area contributed by atoms with Gasteiger partial charge in [-0.05, 0) is 45.0 Å². The fraction of sp³-hybridized carbons (Fsp3) is 0.353. The molecular weight excluding hydrogens is 260 g/mol.